The average Bonchev–Trinajstić information content (AvgIpc) is 2.37. The van der Waals surface area contributed by atoms with Gasteiger partial charge in [-0.15, -0.1) is 0 Å². The first-order valence-corrected chi connectivity index (χ1v) is 6.66. The van der Waals surface area contributed by atoms with Crippen LogP contribution < -0.4 is 10.6 Å². The summed E-state index contributed by atoms with van der Waals surface area (Å²) in [5.41, 5.74) is 1.32. The van der Waals surface area contributed by atoms with Crippen LogP contribution in [0.25, 0.3) is 0 Å². The second-order valence-corrected chi connectivity index (χ2v) is 5.13. The van der Waals surface area contributed by atoms with Crippen molar-refractivity contribution in [2.24, 2.45) is 5.92 Å². The van der Waals surface area contributed by atoms with Gasteiger partial charge in [-0.3, -0.25) is 0 Å². The maximum absolute atomic E-state index is 11.4. The molecule has 0 aliphatic carbocycles. The van der Waals surface area contributed by atoms with E-state index in [-0.39, 0.29) is 6.03 Å². The minimum Gasteiger partial charge on any atom is -0.338 e. The lowest BCUT2D eigenvalue weighted by molar-refractivity contribution is 0.239. The van der Waals surface area contributed by atoms with E-state index in [1.54, 1.807) is 0 Å². The third-order valence-corrected chi connectivity index (χ3v) is 2.90. The molecule has 0 spiro atoms. The number of hydrogen-bond acceptors (Lipinski definition) is 1. The molecule has 2 N–H and O–H groups in total. The van der Waals surface area contributed by atoms with Gasteiger partial charge in [-0.2, -0.15) is 0 Å². The molecule has 1 rings (SSSR count). The first-order valence-electron chi connectivity index (χ1n) is 6.66. The van der Waals surface area contributed by atoms with Gasteiger partial charge in [0.25, 0.3) is 0 Å². The number of rotatable bonds is 6. The molecule has 0 bridgehead atoms. The van der Waals surface area contributed by atoms with Crippen molar-refractivity contribution in [2.45, 2.75) is 33.1 Å². The lowest BCUT2D eigenvalue weighted by Crippen LogP contribution is -2.38. The van der Waals surface area contributed by atoms with Gasteiger partial charge in [-0.05, 0) is 23.8 Å². The van der Waals surface area contributed by atoms with E-state index in [2.05, 4.69) is 55.7 Å². The standard InChI is InChI=1S/C15H24N2O/c1-12(2)11-17-15(18)16-10-9-13(3)14-7-5-4-6-8-14/h4-8,12-13H,9-11H2,1-3H3,(H2,16,17,18). The third-order valence-electron chi connectivity index (χ3n) is 2.90. The van der Waals surface area contributed by atoms with Gasteiger partial charge in [0, 0.05) is 13.1 Å². The molecule has 1 aromatic carbocycles. The number of urea groups is 1. The molecule has 1 atom stereocenters. The Balaban J connectivity index is 2.19. The highest BCUT2D eigenvalue weighted by Crippen LogP contribution is 2.17. The highest BCUT2D eigenvalue weighted by molar-refractivity contribution is 5.73. The van der Waals surface area contributed by atoms with E-state index in [1.165, 1.54) is 5.56 Å². The minimum absolute atomic E-state index is 0.0658. The van der Waals surface area contributed by atoms with E-state index >= 15 is 0 Å². The highest BCUT2D eigenvalue weighted by atomic mass is 16.2. The Labute approximate surface area is 110 Å². The van der Waals surface area contributed by atoms with E-state index in [9.17, 15) is 4.79 Å². The predicted octanol–water partition coefficient (Wildman–Crippen LogP) is 3.14. The SMILES string of the molecule is CC(C)CNC(=O)NCCC(C)c1ccccc1. The molecule has 18 heavy (non-hydrogen) atoms. The summed E-state index contributed by atoms with van der Waals surface area (Å²) in [6.45, 7) is 7.78. The maximum Gasteiger partial charge on any atom is 0.314 e. The van der Waals surface area contributed by atoms with Crippen LogP contribution >= 0.6 is 0 Å². The Morgan fingerprint density at radius 3 is 2.39 bits per heavy atom. The number of carbonyl (C=O) groups is 1. The molecule has 0 aliphatic rings. The molecule has 0 saturated heterocycles. The van der Waals surface area contributed by atoms with Crippen molar-refractivity contribution in [2.75, 3.05) is 13.1 Å². The van der Waals surface area contributed by atoms with Crippen LogP contribution in [-0.2, 0) is 0 Å². The van der Waals surface area contributed by atoms with Crippen molar-refractivity contribution in [3.05, 3.63) is 35.9 Å². The average molecular weight is 248 g/mol. The van der Waals surface area contributed by atoms with Crippen molar-refractivity contribution in [3.63, 3.8) is 0 Å². The molecule has 3 nitrogen and oxygen atoms in total. The van der Waals surface area contributed by atoms with E-state index < -0.39 is 0 Å². The molecule has 100 valence electrons. The predicted molar refractivity (Wildman–Crippen MR) is 75.7 cm³/mol. The van der Waals surface area contributed by atoms with Crippen LogP contribution in [0.3, 0.4) is 0 Å². The summed E-state index contributed by atoms with van der Waals surface area (Å²) < 4.78 is 0. The molecule has 1 aromatic rings. The third kappa shape index (κ3) is 5.71. The first-order chi connectivity index (χ1) is 8.59. The van der Waals surface area contributed by atoms with Crippen LogP contribution in [0, 0.1) is 5.92 Å². The number of nitrogens with one attached hydrogen (secondary N) is 2. The smallest absolute Gasteiger partial charge is 0.314 e. The second-order valence-electron chi connectivity index (χ2n) is 5.13. The second kappa shape index (κ2) is 7.75. The monoisotopic (exact) mass is 248 g/mol. The summed E-state index contributed by atoms with van der Waals surface area (Å²) in [7, 11) is 0. The molecule has 0 saturated carbocycles. The number of amides is 2. The molecule has 3 heteroatoms. The van der Waals surface area contributed by atoms with Gasteiger partial charge in [-0.1, -0.05) is 51.1 Å². The van der Waals surface area contributed by atoms with E-state index in [4.69, 9.17) is 0 Å². The topological polar surface area (TPSA) is 41.1 Å². The molecule has 0 aliphatic heterocycles. The van der Waals surface area contributed by atoms with Gasteiger partial charge in [0.1, 0.15) is 0 Å². The molecular weight excluding hydrogens is 224 g/mol. The van der Waals surface area contributed by atoms with E-state index in [0.717, 1.165) is 13.0 Å². The van der Waals surface area contributed by atoms with Crippen molar-refractivity contribution in [1.29, 1.82) is 0 Å². The zero-order valence-electron chi connectivity index (χ0n) is 11.6. The number of hydrogen-bond donors (Lipinski definition) is 2. The summed E-state index contributed by atoms with van der Waals surface area (Å²) in [6.07, 6.45) is 0.957. The fourth-order valence-corrected chi connectivity index (χ4v) is 1.71. The van der Waals surface area contributed by atoms with Crippen LogP contribution in [0.2, 0.25) is 0 Å². The molecule has 0 fully saturated rings. The Kier molecular flexibility index (Phi) is 6.26. The summed E-state index contributed by atoms with van der Waals surface area (Å²) in [5, 5.41) is 5.73. The zero-order valence-corrected chi connectivity index (χ0v) is 11.6. The molecule has 1 unspecified atom stereocenters. The van der Waals surface area contributed by atoms with Crippen LogP contribution in [0.15, 0.2) is 30.3 Å². The summed E-state index contributed by atoms with van der Waals surface area (Å²) in [6, 6.07) is 10.3. The van der Waals surface area contributed by atoms with Crippen molar-refractivity contribution < 1.29 is 4.79 Å². The number of benzene rings is 1. The van der Waals surface area contributed by atoms with Crippen molar-refractivity contribution in [1.82, 2.24) is 10.6 Å². The Hall–Kier alpha value is -1.51. The Bertz CT molecular complexity index is 349. The summed E-state index contributed by atoms with van der Waals surface area (Å²) in [4.78, 5) is 11.4. The van der Waals surface area contributed by atoms with Crippen molar-refractivity contribution in [3.8, 4) is 0 Å². The van der Waals surface area contributed by atoms with Gasteiger partial charge in [-0.25, -0.2) is 4.79 Å². The van der Waals surface area contributed by atoms with Gasteiger partial charge < -0.3 is 10.6 Å². The van der Waals surface area contributed by atoms with E-state index in [1.807, 2.05) is 6.07 Å². The van der Waals surface area contributed by atoms with Gasteiger partial charge >= 0.3 is 6.03 Å². The molecule has 0 heterocycles. The molecule has 2 amide bonds. The van der Waals surface area contributed by atoms with Crippen LogP contribution in [0.1, 0.15) is 38.7 Å². The Morgan fingerprint density at radius 2 is 1.78 bits per heavy atom. The normalized spacial score (nSPS) is 12.2. The highest BCUT2D eigenvalue weighted by Gasteiger charge is 2.06. The van der Waals surface area contributed by atoms with Crippen LogP contribution in [0.5, 0.6) is 0 Å². The summed E-state index contributed by atoms with van der Waals surface area (Å²) >= 11 is 0. The fraction of sp³-hybridized carbons (Fsp3) is 0.533. The number of carbonyl (C=O) groups excluding carboxylic acids is 1. The minimum atomic E-state index is -0.0658. The zero-order chi connectivity index (χ0) is 13.4. The lowest BCUT2D eigenvalue weighted by Gasteiger charge is -2.13. The maximum atomic E-state index is 11.4. The quantitative estimate of drug-likeness (QED) is 0.798. The molecule has 0 aromatic heterocycles. The molecule has 0 radical (unpaired) electrons. The lowest BCUT2D eigenvalue weighted by atomic mass is 9.98. The van der Waals surface area contributed by atoms with E-state index in [0.29, 0.717) is 18.4 Å². The van der Waals surface area contributed by atoms with Crippen LogP contribution in [0.4, 0.5) is 4.79 Å². The van der Waals surface area contributed by atoms with Gasteiger partial charge in [0.15, 0.2) is 0 Å². The van der Waals surface area contributed by atoms with Gasteiger partial charge in [0.2, 0.25) is 0 Å². The molecular formula is C15H24N2O. The largest absolute Gasteiger partial charge is 0.338 e. The fourth-order valence-electron chi connectivity index (χ4n) is 1.71. The Morgan fingerprint density at radius 1 is 1.11 bits per heavy atom. The first kappa shape index (κ1) is 14.6. The summed E-state index contributed by atoms with van der Waals surface area (Å²) in [5.74, 6) is 0.954. The van der Waals surface area contributed by atoms with Crippen molar-refractivity contribution >= 4 is 6.03 Å². The van der Waals surface area contributed by atoms with Gasteiger partial charge in [0.05, 0.1) is 0 Å². The van der Waals surface area contributed by atoms with Crippen LogP contribution in [-0.4, -0.2) is 19.1 Å².